The number of hydrogen-bond acceptors (Lipinski definition) is 3. The quantitative estimate of drug-likeness (QED) is 0.858. The number of nitriles is 1. The van der Waals surface area contributed by atoms with Crippen molar-refractivity contribution in [1.82, 2.24) is 5.32 Å². The Hall–Kier alpha value is -0.800. The van der Waals surface area contributed by atoms with Crippen molar-refractivity contribution in [2.45, 2.75) is 75.4 Å². The second-order valence-electron chi connectivity index (χ2n) is 5.65. The largest absolute Gasteiger partial charge is 0.414 e. The molecule has 2 aliphatic rings. The summed E-state index contributed by atoms with van der Waals surface area (Å²) < 4.78 is 42.6. The molecule has 0 heterocycles. The average Bonchev–Trinajstić information content (AvgIpc) is 3.12. The molecule has 0 aromatic carbocycles. The van der Waals surface area contributed by atoms with Crippen molar-refractivity contribution < 1.29 is 17.9 Å². The molecule has 2 aliphatic carbocycles. The summed E-state index contributed by atoms with van der Waals surface area (Å²) in [6.07, 6.45) is -2.14. The fourth-order valence-corrected chi connectivity index (χ4v) is 2.59. The minimum atomic E-state index is -4.34. The summed E-state index contributed by atoms with van der Waals surface area (Å²) >= 11 is 0. The Kier molecular flexibility index (Phi) is 4.07. The number of nitrogens with one attached hydrogen (secondary N) is 1. The van der Waals surface area contributed by atoms with Crippen LogP contribution < -0.4 is 5.32 Å². The lowest BCUT2D eigenvalue weighted by Gasteiger charge is -2.37. The maximum atomic E-state index is 12.5. The zero-order valence-corrected chi connectivity index (χ0v) is 11.0. The van der Waals surface area contributed by atoms with Crippen LogP contribution in [0.2, 0.25) is 0 Å². The molecule has 0 radical (unpaired) electrons. The minimum Gasteiger partial charge on any atom is -0.366 e. The molecule has 0 spiro atoms. The van der Waals surface area contributed by atoms with E-state index < -0.39 is 23.9 Å². The molecule has 0 aliphatic heterocycles. The van der Waals surface area contributed by atoms with Gasteiger partial charge in [-0.2, -0.15) is 18.4 Å². The topological polar surface area (TPSA) is 45.0 Å². The summed E-state index contributed by atoms with van der Waals surface area (Å²) in [6, 6.07) is 2.62. The third-order valence-electron chi connectivity index (χ3n) is 3.84. The predicted octanol–water partition coefficient (Wildman–Crippen LogP) is 2.91. The molecule has 2 saturated carbocycles. The molecule has 0 amide bonds. The van der Waals surface area contributed by atoms with E-state index in [0.717, 1.165) is 26.2 Å². The summed E-state index contributed by atoms with van der Waals surface area (Å²) in [5, 5.41) is 12.6. The highest BCUT2D eigenvalue weighted by atomic mass is 19.4. The first-order valence-electron chi connectivity index (χ1n) is 6.76. The lowest BCUT2D eigenvalue weighted by Crippen LogP contribution is -2.51. The molecule has 2 fully saturated rings. The Bertz CT molecular complexity index is 362. The molecule has 0 aromatic heterocycles. The maximum absolute atomic E-state index is 12.5. The maximum Gasteiger partial charge on any atom is 0.414 e. The molecular weight excluding hydrogens is 257 g/mol. The van der Waals surface area contributed by atoms with Gasteiger partial charge in [-0.05, 0) is 39.0 Å². The molecule has 3 nitrogen and oxygen atoms in total. The van der Waals surface area contributed by atoms with Gasteiger partial charge in [-0.3, -0.25) is 5.32 Å². The molecule has 108 valence electrons. The van der Waals surface area contributed by atoms with Gasteiger partial charge in [0.05, 0.1) is 12.2 Å². The van der Waals surface area contributed by atoms with Crippen LogP contribution in [0.25, 0.3) is 0 Å². The van der Waals surface area contributed by atoms with Gasteiger partial charge in [0, 0.05) is 12.5 Å². The molecular formula is C13H19F3N2O. The summed E-state index contributed by atoms with van der Waals surface area (Å²) in [5.41, 5.74) is -0.699. The predicted molar refractivity (Wildman–Crippen MR) is 63.4 cm³/mol. The van der Waals surface area contributed by atoms with Gasteiger partial charge >= 0.3 is 6.18 Å². The average molecular weight is 276 g/mol. The SMILES string of the molecule is CC(OC1CCCC(C#N)(NC2CC2)C1)C(F)(F)F. The van der Waals surface area contributed by atoms with Crippen LogP contribution in [0, 0.1) is 11.3 Å². The van der Waals surface area contributed by atoms with E-state index in [1.165, 1.54) is 0 Å². The monoisotopic (exact) mass is 276 g/mol. The number of ether oxygens (including phenoxy) is 1. The van der Waals surface area contributed by atoms with E-state index in [-0.39, 0.29) is 0 Å². The van der Waals surface area contributed by atoms with Gasteiger partial charge in [0.2, 0.25) is 0 Å². The molecule has 0 bridgehead atoms. The van der Waals surface area contributed by atoms with Crippen LogP contribution in [0.4, 0.5) is 13.2 Å². The van der Waals surface area contributed by atoms with Crippen molar-refractivity contribution in [1.29, 1.82) is 5.26 Å². The molecule has 19 heavy (non-hydrogen) atoms. The third kappa shape index (κ3) is 3.83. The Balaban J connectivity index is 1.94. The van der Waals surface area contributed by atoms with Crippen molar-refractivity contribution in [3.05, 3.63) is 0 Å². The van der Waals surface area contributed by atoms with Gasteiger partial charge in [0.25, 0.3) is 0 Å². The zero-order valence-electron chi connectivity index (χ0n) is 11.0. The van der Waals surface area contributed by atoms with E-state index in [2.05, 4.69) is 11.4 Å². The van der Waals surface area contributed by atoms with Gasteiger partial charge in [-0.1, -0.05) is 0 Å². The Morgan fingerprint density at radius 2 is 2.05 bits per heavy atom. The molecule has 6 heteroatoms. The Morgan fingerprint density at radius 3 is 2.58 bits per heavy atom. The first kappa shape index (κ1) is 14.6. The fourth-order valence-electron chi connectivity index (χ4n) is 2.59. The number of nitrogens with zero attached hydrogens (tertiary/aromatic N) is 1. The van der Waals surface area contributed by atoms with E-state index in [0.29, 0.717) is 25.3 Å². The molecule has 3 unspecified atom stereocenters. The van der Waals surface area contributed by atoms with Crippen LogP contribution >= 0.6 is 0 Å². The van der Waals surface area contributed by atoms with Crippen molar-refractivity contribution in [3.63, 3.8) is 0 Å². The number of rotatable bonds is 4. The van der Waals surface area contributed by atoms with Crippen LogP contribution in [0.1, 0.15) is 45.4 Å². The van der Waals surface area contributed by atoms with Crippen molar-refractivity contribution >= 4 is 0 Å². The smallest absolute Gasteiger partial charge is 0.366 e. The van der Waals surface area contributed by atoms with Gasteiger partial charge in [-0.15, -0.1) is 0 Å². The molecule has 0 saturated heterocycles. The Labute approximate surface area is 111 Å². The summed E-state index contributed by atoms with van der Waals surface area (Å²) in [4.78, 5) is 0. The van der Waals surface area contributed by atoms with Crippen molar-refractivity contribution in [2.24, 2.45) is 0 Å². The van der Waals surface area contributed by atoms with E-state index >= 15 is 0 Å². The van der Waals surface area contributed by atoms with Gasteiger partial charge in [0.15, 0.2) is 6.10 Å². The lowest BCUT2D eigenvalue weighted by atomic mass is 9.81. The third-order valence-corrected chi connectivity index (χ3v) is 3.84. The van der Waals surface area contributed by atoms with Crippen molar-refractivity contribution in [2.75, 3.05) is 0 Å². The highest BCUT2D eigenvalue weighted by molar-refractivity contribution is 5.12. The van der Waals surface area contributed by atoms with Gasteiger partial charge < -0.3 is 4.74 Å². The first-order valence-corrected chi connectivity index (χ1v) is 6.76. The van der Waals surface area contributed by atoms with E-state index in [1.54, 1.807) is 0 Å². The summed E-state index contributed by atoms with van der Waals surface area (Å²) in [5.74, 6) is 0. The number of halogens is 3. The van der Waals surface area contributed by atoms with E-state index in [9.17, 15) is 18.4 Å². The highest BCUT2D eigenvalue weighted by Gasteiger charge is 2.44. The van der Waals surface area contributed by atoms with Crippen LogP contribution in [-0.2, 0) is 4.74 Å². The van der Waals surface area contributed by atoms with Crippen molar-refractivity contribution in [3.8, 4) is 6.07 Å². The first-order chi connectivity index (χ1) is 8.85. The van der Waals surface area contributed by atoms with Gasteiger partial charge in [0.1, 0.15) is 5.54 Å². The second kappa shape index (κ2) is 5.29. The molecule has 0 aromatic rings. The van der Waals surface area contributed by atoms with E-state index in [1.807, 2.05) is 0 Å². The highest BCUT2D eigenvalue weighted by Crippen LogP contribution is 2.35. The van der Waals surface area contributed by atoms with E-state index in [4.69, 9.17) is 4.74 Å². The fraction of sp³-hybridized carbons (Fsp3) is 0.923. The normalized spacial score (nSPS) is 33.7. The standard InChI is InChI=1S/C13H19F3N2O/c1-9(13(14,15)16)19-11-3-2-6-12(7-11,8-17)18-10-4-5-10/h9-11,18H,2-7H2,1H3. The summed E-state index contributed by atoms with van der Waals surface area (Å²) in [7, 11) is 0. The van der Waals surface area contributed by atoms with Gasteiger partial charge in [-0.25, -0.2) is 0 Å². The van der Waals surface area contributed by atoms with Crippen LogP contribution in [0.3, 0.4) is 0 Å². The van der Waals surface area contributed by atoms with Crippen LogP contribution in [0.15, 0.2) is 0 Å². The van der Waals surface area contributed by atoms with Crippen LogP contribution in [-0.4, -0.2) is 30.0 Å². The number of alkyl halides is 3. The number of hydrogen-bond donors (Lipinski definition) is 1. The summed E-state index contributed by atoms with van der Waals surface area (Å²) in [6.45, 7) is 1.02. The zero-order chi connectivity index (χ0) is 14.1. The molecule has 2 rings (SSSR count). The molecule has 3 atom stereocenters. The van der Waals surface area contributed by atoms with Crippen LogP contribution in [0.5, 0.6) is 0 Å². The molecule has 1 N–H and O–H groups in total. The minimum absolute atomic E-state index is 0.348. The second-order valence-corrected chi connectivity index (χ2v) is 5.65. The Morgan fingerprint density at radius 1 is 1.37 bits per heavy atom. The lowest BCUT2D eigenvalue weighted by molar-refractivity contribution is -0.230.